The Morgan fingerprint density at radius 3 is 2.69 bits per heavy atom. The number of hydrogen-bond donors (Lipinski definition) is 2. The van der Waals surface area contributed by atoms with Gasteiger partial charge in [0.15, 0.2) is 0 Å². The van der Waals surface area contributed by atoms with Crippen LogP contribution < -0.4 is 0 Å². The van der Waals surface area contributed by atoms with E-state index >= 15 is 0 Å². The second-order valence-corrected chi connectivity index (χ2v) is 2.13. The van der Waals surface area contributed by atoms with Crippen LogP contribution in [0.25, 0.3) is 0 Å². The van der Waals surface area contributed by atoms with Gasteiger partial charge in [-0.1, -0.05) is 0 Å². The predicted molar refractivity (Wildman–Crippen MR) is 39.5 cm³/mol. The Morgan fingerprint density at radius 1 is 1.62 bits per heavy atom. The molecule has 0 aliphatic heterocycles. The van der Waals surface area contributed by atoms with E-state index in [2.05, 4.69) is 4.98 Å². The fourth-order valence-electron chi connectivity index (χ4n) is 0.704. The molecule has 13 heavy (non-hydrogen) atoms. The monoisotopic (exact) mass is 184 g/mol. The lowest BCUT2D eigenvalue weighted by molar-refractivity contribution is -0.385. The molecule has 0 amide bonds. The molecule has 0 aliphatic rings. The van der Waals surface area contributed by atoms with Gasteiger partial charge < -0.3 is 10.2 Å². The van der Waals surface area contributed by atoms with E-state index in [0.29, 0.717) is 0 Å². The van der Waals surface area contributed by atoms with Gasteiger partial charge in [0.1, 0.15) is 11.8 Å². The molecule has 2 N–H and O–H groups in total. The Balaban J connectivity index is 3.27. The van der Waals surface area contributed by atoms with Crippen molar-refractivity contribution in [3.63, 3.8) is 0 Å². The zero-order valence-corrected chi connectivity index (χ0v) is 6.17. The number of aromatic hydroxyl groups is 1. The molecule has 0 spiro atoms. The zero-order valence-electron chi connectivity index (χ0n) is 6.17. The summed E-state index contributed by atoms with van der Waals surface area (Å²) in [5, 5.41) is 27.5. The standard InChI is InChI=1S/C6H4N2O5/c9-5-4(6(10)11)1-3(2-7-5)8(12)13/h1-2H,(H,7,9)(H,10,11). The number of pyridine rings is 1. The number of nitro groups is 1. The van der Waals surface area contributed by atoms with Gasteiger partial charge >= 0.3 is 5.97 Å². The Morgan fingerprint density at radius 2 is 2.23 bits per heavy atom. The summed E-state index contributed by atoms with van der Waals surface area (Å²) in [6.07, 6.45) is 0.780. The van der Waals surface area contributed by atoms with Gasteiger partial charge in [0.2, 0.25) is 5.88 Å². The quantitative estimate of drug-likeness (QED) is 0.507. The topological polar surface area (TPSA) is 114 Å². The highest BCUT2D eigenvalue weighted by Gasteiger charge is 2.16. The first-order valence-corrected chi connectivity index (χ1v) is 3.09. The molecule has 0 saturated carbocycles. The second kappa shape index (κ2) is 3.05. The molecule has 1 aromatic heterocycles. The number of carbonyl (C=O) groups is 1. The van der Waals surface area contributed by atoms with Crippen molar-refractivity contribution in [3.8, 4) is 5.88 Å². The first kappa shape index (κ1) is 8.91. The van der Waals surface area contributed by atoms with Gasteiger partial charge in [0.05, 0.1) is 4.92 Å². The van der Waals surface area contributed by atoms with Crippen molar-refractivity contribution in [1.29, 1.82) is 0 Å². The van der Waals surface area contributed by atoms with Crippen molar-refractivity contribution in [2.24, 2.45) is 0 Å². The lowest BCUT2D eigenvalue weighted by Crippen LogP contribution is -2.00. The third kappa shape index (κ3) is 1.70. The molecule has 0 saturated heterocycles. The second-order valence-electron chi connectivity index (χ2n) is 2.13. The molecule has 0 atom stereocenters. The number of carboxylic acids is 1. The number of nitrogens with zero attached hydrogens (tertiary/aromatic N) is 2. The number of rotatable bonds is 2. The average molecular weight is 184 g/mol. The molecule has 1 rings (SSSR count). The molecule has 0 bridgehead atoms. The molecule has 0 aromatic carbocycles. The van der Waals surface area contributed by atoms with E-state index in [1.54, 1.807) is 0 Å². The van der Waals surface area contributed by atoms with E-state index < -0.39 is 28.0 Å². The van der Waals surface area contributed by atoms with Crippen LogP contribution >= 0.6 is 0 Å². The normalized spacial score (nSPS) is 9.54. The molecule has 68 valence electrons. The molecule has 0 aliphatic carbocycles. The number of aromatic nitrogens is 1. The predicted octanol–water partition coefficient (Wildman–Crippen LogP) is 0.394. The summed E-state index contributed by atoms with van der Waals surface area (Å²) in [5.41, 5.74) is -1.07. The van der Waals surface area contributed by atoms with E-state index in [-0.39, 0.29) is 0 Å². The summed E-state index contributed by atoms with van der Waals surface area (Å²) in [5.74, 6) is -2.20. The number of hydrogen-bond acceptors (Lipinski definition) is 5. The van der Waals surface area contributed by atoms with E-state index in [1.165, 1.54) is 0 Å². The van der Waals surface area contributed by atoms with Gasteiger partial charge in [0.25, 0.3) is 5.69 Å². The van der Waals surface area contributed by atoms with Crippen LogP contribution in [0, 0.1) is 10.1 Å². The van der Waals surface area contributed by atoms with Crippen molar-refractivity contribution >= 4 is 11.7 Å². The maximum absolute atomic E-state index is 10.4. The van der Waals surface area contributed by atoms with Crippen molar-refractivity contribution in [2.75, 3.05) is 0 Å². The van der Waals surface area contributed by atoms with Crippen molar-refractivity contribution in [1.82, 2.24) is 4.98 Å². The van der Waals surface area contributed by atoms with Crippen LogP contribution in [0.5, 0.6) is 5.88 Å². The Labute approximate surface area is 71.4 Å². The molecule has 7 nitrogen and oxygen atoms in total. The molecule has 0 fully saturated rings. The first-order valence-electron chi connectivity index (χ1n) is 3.09. The third-order valence-corrected chi connectivity index (χ3v) is 1.29. The summed E-state index contributed by atoms with van der Waals surface area (Å²) in [6.45, 7) is 0. The van der Waals surface area contributed by atoms with Gasteiger partial charge in [-0.2, -0.15) is 0 Å². The van der Waals surface area contributed by atoms with E-state index in [1.807, 2.05) is 0 Å². The Kier molecular flexibility index (Phi) is 2.09. The summed E-state index contributed by atoms with van der Waals surface area (Å²) in [4.78, 5) is 22.9. The van der Waals surface area contributed by atoms with E-state index in [0.717, 1.165) is 12.3 Å². The van der Waals surface area contributed by atoms with Crippen molar-refractivity contribution in [2.45, 2.75) is 0 Å². The van der Waals surface area contributed by atoms with Crippen LogP contribution in [-0.2, 0) is 0 Å². The van der Waals surface area contributed by atoms with Gasteiger partial charge in [-0.05, 0) is 0 Å². The molecule has 0 unspecified atom stereocenters. The summed E-state index contributed by atoms with van der Waals surface area (Å²) in [7, 11) is 0. The van der Waals surface area contributed by atoms with Crippen LogP contribution in [0.2, 0.25) is 0 Å². The molecule has 7 heteroatoms. The van der Waals surface area contributed by atoms with Crippen LogP contribution in [-0.4, -0.2) is 26.1 Å². The average Bonchev–Trinajstić information content (AvgIpc) is 2.04. The summed E-state index contributed by atoms with van der Waals surface area (Å²) >= 11 is 0. The zero-order chi connectivity index (χ0) is 10.0. The van der Waals surface area contributed by atoms with E-state index in [9.17, 15) is 14.9 Å². The number of carboxylic acid groups (broad SMARTS) is 1. The van der Waals surface area contributed by atoms with Crippen LogP contribution in [0.3, 0.4) is 0 Å². The SMILES string of the molecule is O=C(O)c1cc([N+](=O)[O-])cnc1O. The number of aromatic carboxylic acids is 1. The van der Waals surface area contributed by atoms with E-state index in [4.69, 9.17) is 10.2 Å². The fourth-order valence-corrected chi connectivity index (χ4v) is 0.704. The minimum Gasteiger partial charge on any atom is -0.493 e. The van der Waals surface area contributed by atoms with Crippen LogP contribution in [0.4, 0.5) is 5.69 Å². The summed E-state index contributed by atoms with van der Waals surface area (Å²) < 4.78 is 0. The molecule has 1 aromatic rings. The Bertz CT molecular complexity index is 375. The lowest BCUT2D eigenvalue weighted by Gasteiger charge is -1.96. The first-order chi connectivity index (χ1) is 6.02. The van der Waals surface area contributed by atoms with Gasteiger partial charge in [-0.25, -0.2) is 9.78 Å². The minimum atomic E-state index is -1.46. The molecular weight excluding hydrogens is 180 g/mol. The van der Waals surface area contributed by atoms with Crippen molar-refractivity contribution in [3.05, 3.63) is 27.9 Å². The van der Waals surface area contributed by atoms with Crippen molar-refractivity contribution < 1.29 is 19.9 Å². The molecule has 1 heterocycles. The smallest absolute Gasteiger partial charge is 0.341 e. The highest BCUT2D eigenvalue weighted by Crippen LogP contribution is 2.19. The minimum absolute atomic E-state index is 0.477. The molecular formula is C6H4N2O5. The van der Waals surface area contributed by atoms with Crippen LogP contribution in [0.15, 0.2) is 12.3 Å². The lowest BCUT2D eigenvalue weighted by atomic mass is 10.2. The largest absolute Gasteiger partial charge is 0.493 e. The molecule has 0 radical (unpaired) electrons. The van der Waals surface area contributed by atoms with Gasteiger partial charge in [0, 0.05) is 6.07 Å². The third-order valence-electron chi connectivity index (χ3n) is 1.29. The highest BCUT2D eigenvalue weighted by atomic mass is 16.6. The van der Waals surface area contributed by atoms with Gasteiger partial charge in [-0.3, -0.25) is 10.1 Å². The Hall–Kier alpha value is -2.18. The maximum Gasteiger partial charge on any atom is 0.341 e. The van der Waals surface area contributed by atoms with Gasteiger partial charge in [-0.15, -0.1) is 0 Å². The van der Waals surface area contributed by atoms with Crippen LogP contribution in [0.1, 0.15) is 10.4 Å². The highest BCUT2D eigenvalue weighted by molar-refractivity contribution is 5.90. The maximum atomic E-state index is 10.4. The summed E-state index contributed by atoms with van der Waals surface area (Å²) in [6, 6.07) is 0.741. The fraction of sp³-hybridized carbons (Fsp3) is 0.